The molecule has 0 bridgehead atoms. The standard InChI is InChI=1S/C23H26N4O5.C21H21FN4O5/c1-13-6-8-15(9-7-13)10-11-16(28)18-19(30)21(31)27(5)22(24-18)23(3,4)12-17(29)20-26-25-14(2)32-20;1-11-25-26-19(31-11)15(28)10-21(2,3)20-23-16(17(29)18(30)24-20)14(27)9-6-12-4-7-13(22)8-5-12/h6-9,30H,10-12H2,1-5H3;4-5,7-8,29H,6,9-10H2,1-3H3,(H,23,24,30). The number of H-pyrrole nitrogens is 1. The van der Waals surface area contributed by atoms with Crippen LogP contribution in [0.4, 0.5) is 4.39 Å². The van der Waals surface area contributed by atoms with Crippen molar-refractivity contribution in [3.63, 3.8) is 0 Å². The van der Waals surface area contributed by atoms with Crippen LogP contribution in [0.15, 0.2) is 67.0 Å². The van der Waals surface area contributed by atoms with E-state index in [2.05, 4.69) is 35.3 Å². The van der Waals surface area contributed by atoms with Crippen molar-refractivity contribution in [2.45, 2.75) is 97.8 Å². The van der Waals surface area contributed by atoms with E-state index in [4.69, 9.17) is 8.83 Å². The van der Waals surface area contributed by atoms with Crippen molar-refractivity contribution >= 4 is 23.1 Å². The van der Waals surface area contributed by atoms with Gasteiger partial charge in [0.1, 0.15) is 17.5 Å². The molecule has 3 N–H and O–H groups in total. The molecule has 0 amide bonds. The molecule has 0 saturated heterocycles. The summed E-state index contributed by atoms with van der Waals surface area (Å²) in [6, 6.07) is 13.4. The Morgan fingerprint density at radius 2 is 1.13 bits per heavy atom. The number of halogens is 1. The first-order valence-corrected chi connectivity index (χ1v) is 19.7. The number of ketones is 4. The summed E-state index contributed by atoms with van der Waals surface area (Å²) in [6.45, 7) is 11.8. The molecule has 2 aromatic carbocycles. The van der Waals surface area contributed by atoms with E-state index in [1.54, 1.807) is 53.7 Å². The average molecular weight is 867 g/mol. The number of aryl methyl sites for hydroxylation is 5. The van der Waals surface area contributed by atoms with Crippen LogP contribution < -0.4 is 11.1 Å². The molecule has 63 heavy (non-hydrogen) atoms. The van der Waals surface area contributed by atoms with Gasteiger partial charge in [-0.1, -0.05) is 69.7 Å². The molecule has 6 rings (SSSR count). The first kappa shape index (κ1) is 46.8. The maximum atomic E-state index is 13.0. The van der Waals surface area contributed by atoms with Crippen LogP contribution in [0.1, 0.15) is 136 Å². The zero-order chi connectivity index (χ0) is 46.4. The number of nitrogens with one attached hydrogen (secondary N) is 1. The molecule has 4 aromatic heterocycles. The number of carbonyl (C=O) groups excluding carboxylic acids is 4. The van der Waals surface area contributed by atoms with Crippen LogP contribution in [0, 0.1) is 26.6 Å². The maximum absolute atomic E-state index is 13.0. The number of Topliss-reactive ketones (excluding diaryl/α,β-unsaturated/α-hetero) is 4. The number of hydrogen-bond acceptors (Lipinski definition) is 16. The lowest BCUT2D eigenvalue weighted by molar-refractivity contribution is 0.0911. The second kappa shape index (κ2) is 19.2. The first-order chi connectivity index (χ1) is 29.6. The lowest BCUT2D eigenvalue weighted by atomic mass is 9.85. The van der Waals surface area contributed by atoms with Crippen LogP contribution >= 0.6 is 0 Å². The summed E-state index contributed by atoms with van der Waals surface area (Å²) < 4.78 is 24.5. The van der Waals surface area contributed by atoms with Gasteiger partial charge >= 0.3 is 0 Å². The van der Waals surface area contributed by atoms with Crippen molar-refractivity contribution in [2.24, 2.45) is 7.05 Å². The van der Waals surface area contributed by atoms with E-state index in [0.29, 0.717) is 6.42 Å². The lowest BCUT2D eigenvalue weighted by Crippen LogP contribution is -2.34. The van der Waals surface area contributed by atoms with E-state index < -0.39 is 56.6 Å². The molecular formula is C44H47FN8O10. The van der Waals surface area contributed by atoms with Crippen molar-refractivity contribution in [2.75, 3.05) is 0 Å². The zero-order valence-corrected chi connectivity index (χ0v) is 36.0. The molecule has 330 valence electrons. The van der Waals surface area contributed by atoms with Gasteiger partial charge in [0.2, 0.25) is 34.8 Å². The normalized spacial score (nSPS) is 11.5. The fraction of sp³-hybridized carbons (Fsp3) is 0.364. The summed E-state index contributed by atoms with van der Waals surface area (Å²) in [5, 5.41) is 35.1. The molecule has 0 unspecified atom stereocenters. The highest BCUT2D eigenvalue weighted by Gasteiger charge is 2.34. The minimum atomic E-state index is -1.00. The van der Waals surface area contributed by atoms with E-state index in [0.717, 1.165) is 21.3 Å². The number of aromatic hydroxyl groups is 2. The molecular weight excluding hydrogens is 820 g/mol. The third-order valence-electron chi connectivity index (χ3n) is 9.99. The molecule has 0 spiro atoms. The summed E-state index contributed by atoms with van der Waals surface area (Å²) in [5.74, 6) is -3.27. The highest BCUT2D eigenvalue weighted by molar-refractivity contribution is 5.97. The molecule has 0 fully saturated rings. The molecule has 6 aromatic rings. The highest BCUT2D eigenvalue weighted by Crippen LogP contribution is 2.29. The first-order valence-electron chi connectivity index (χ1n) is 19.7. The van der Waals surface area contributed by atoms with E-state index in [9.17, 15) is 43.4 Å². The van der Waals surface area contributed by atoms with Gasteiger partial charge in [-0.15, -0.1) is 20.4 Å². The Morgan fingerprint density at radius 3 is 1.60 bits per heavy atom. The van der Waals surface area contributed by atoms with E-state index in [1.165, 1.54) is 19.2 Å². The van der Waals surface area contributed by atoms with Gasteiger partial charge in [0.25, 0.3) is 22.9 Å². The van der Waals surface area contributed by atoms with Crippen molar-refractivity contribution in [3.8, 4) is 11.5 Å². The summed E-state index contributed by atoms with van der Waals surface area (Å²) in [5.41, 5.74) is -1.45. The molecule has 0 aliphatic heterocycles. The Bertz CT molecular complexity index is 2780. The smallest absolute Gasteiger partial charge is 0.296 e. The minimum Gasteiger partial charge on any atom is -0.501 e. The van der Waals surface area contributed by atoms with Crippen molar-refractivity contribution in [1.29, 1.82) is 0 Å². The number of nitrogens with zero attached hydrogens (tertiary/aromatic N) is 7. The van der Waals surface area contributed by atoms with E-state index >= 15 is 0 Å². The third kappa shape index (κ3) is 11.5. The van der Waals surface area contributed by atoms with Crippen LogP contribution in [0.5, 0.6) is 11.5 Å². The van der Waals surface area contributed by atoms with Crippen molar-refractivity contribution < 1.29 is 42.6 Å². The van der Waals surface area contributed by atoms with Gasteiger partial charge in [-0.25, -0.2) is 14.4 Å². The quantitative estimate of drug-likeness (QED) is 0.101. The third-order valence-corrected chi connectivity index (χ3v) is 9.99. The van der Waals surface area contributed by atoms with Gasteiger partial charge in [0, 0.05) is 57.4 Å². The predicted molar refractivity (Wildman–Crippen MR) is 223 cm³/mol. The van der Waals surface area contributed by atoms with Gasteiger partial charge in [0.05, 0.1) is 0 Å². The van der Waals surface area contributed by atoms with Crippen LogP contribution in [0.25, 0.3) is 0 Å². The highest BCUT2D eigenvalue weighted by atomic mass is 19.1. The molecule has 0 aliphatic rings. The maximum Gasteiger partial charge on any atom is 0.296 e. The Labute approximate surface area is 359 Å². The van der Waals surface area contributed by atoms with Crippen LogP contribution in [-0.4, -0.2) is 73.3 Å². The molecule has 0 atom stereocenters. The molecule has 19 heteroatoms. The van der Waals surface area contributed by atoms with Gasteiger partial charge in [-0.2, -0.15) is 0 Å². The monoisotopic (exact) mass is 866 g/mol. The zero-order valence-electron chi connectivity index (χ0n) is 36.0. The number of benzene rings is 2. The molecule has 4 heterocycles. The number of hydrogen-bond donors (Lipinski definition) is 3. The minimum absolute atomic E-state index is 0.0459. The van der Waals surface area contributed by atoms with Crippen LogP contribution in [0.2, 0.25) is 0 Å². The largest absolute Gasteiger partial charge is 0.501 e. The summed E-state index contributed by atoms with van der Waals surface area (Å²) in [4.78, 5) is 86.2. The molecule has 0 aliphatic carbocycles. The number of rotatable bonds is 16. The SMILES string of the molecule is Cc1ccc(CCC(=O)c2nc(C(C)(C)CC(=O)c3nnc(C)o3)n(C)c(=O)c2O)cc1.Cc1nnc(C(=O)CC(C)(C)c2nc(C(=O)CCc3ccc(F)cc3)c(O)c(=O)[nH]2)o1. The number of carbonyl (C=O) groups is 4. The predicted octanol–water partition coefficient (Wildman–Crippen LogP) is 5.52. The van der Waals surface area contributed by atoms with Crippen LogP contribution in [-0.2, 0) is 30.7 Å². The van der Waals surface area contributed by atoms with Gasteiger partial charge in [-0.05, 0) is 43.0 Å². The Hall–Kier alpha value is -7.31. The second-order valence-corrected chi connectivity index (χ2v) is 16.3. The van der Waals surface area contributed by atoms with Gasteiger partial charge in [0.15, 0.2) is 23.0 Å². The average Bonchev–Trinajstić information content (AvgIpc) is 3.88. The fourth-order valence-corrected chi connectivity index (χ4v) is 6.47. The molecule has 18 nitrogen and oxygen atoms in total. The van der Waals surface area contributed by atoms with Crippen LogP contribution in [0.3, 0.4) is 0 Å². The van der Waals surface area contributed by atoms with Gasteiger partial charge < -0.3 is 24.0 Å². The van der Waals surface area contributed by atoms with Crippen molar-refractivity contribution in [1.82, 2.24) is 39.9 Å². The van der Waals surface area contributed by atoms with E-state index in [1.807, 2.05) is 31.2 Å². The second-order valence-electron chi connectivity index (χ2n) is 16.3. The van der Waals surface area contributed by atoms with E-state index in [-0.39, 0.29) is 84.5 Å². The Morgan fingerprint density at radius 1 is 0.667 bits per heavy atom. The molecule has 0 saturated carbocycles. The fourth-order valence-electron chi connectivity index (χ4n) is 6.47. The number of aromatic amines is 1. The Balaban J connectivity index is 0.000000238. The Kier molecular flexibility index (Phi) is 14.2. The lowest BCUT2D eigenvalue weighted by Gasteiger charge is -2.25. The summed E-state index contributed by atoms with van der Waals surface area (Å²) in [7, 11) is 1.44. The molecule has 0 radical (unpaired) electrons. The van der Waals surface area contributed by atoms with Crippen molar-refractivity contribution in [3.05, 3.63) is 138 Å². The summed E-state index contributed by atoms with van der Waals surface area (Å²) >= 11 is 0. The summed E-state index contributed by atoms with van der Waals surface area (Å²) in [6.07, 6.45) is 0.540. The topological polar surface area (TPSA) is 267 Å². The number of aromatic nitrogens is 8. The van der Waals surface area contributed by atoms with Gasteiger partial charge in [-0.3, -0.25) is 33.3 Å².